The first kappa shape index (κ1) is 21.0. The van der Waals surface area contributed by atoms with Crippen molar-refractivity contribution in [3.05, 3.63) is 44.9 Å². The minimum absolute atomic E-state index is 0.0184. The van der Waals surface area contributed by atoms with Gasteiger partial charge in [0.05, 0.1) is 15.9 Å². The summed E-state index contributed by atoms with van der Waals surface area (Å²) in [6.45, 7) is 5.13. The van der Waals surface area contributed by atoms with Crippen LogP contribution in [0.1, 0.15) is 36.4 Å². The predicted octanol–water partition coefficient (Wildman–Crippen LogP) is 2.50. The summed E-state index contributed by atoms with van der Waals surface area (Å²) in [5.41, 5.74) is 2.39. The summed E-state index contributed by atoms with van der Waals surface area (Å²) >= 11 is 1.22. The van der Waals surface area contributed by atoms with Gasteiger partial charge in [-0.15, -0.1) is 5.10 Å². The van der Waals surface area contributed by atoms with Crippen LogP contribution in [-0.4, -0.2) is 58.6 Å². The van der Waals surface area contributed by atoms with Gasteiger partial charge in [0.15, 0.2) is 5.75 Å². The molecule has 1 aromatic carbocycles. The van der Waals surface area contributed by atoms with Crippen molar-refractivity contribution in [3.8, 4) is 11.6 Å². The molecule has 2 aromatic heterocycles. The molecular weight excluding hydrogens is 445 g/mol. The van der Waals surface area contributed by atoms with Gasteiger partial charge in [0.2, 0.25) is 0 Å². The van der Waals surface area contributed by atoms with E-state index in [1.54, 1.807) is 10.6 Å². The minimum atomic E-state index is -0.184. The number of aryl methyl sites for hydroxylation is 1. The topological polar surface area (TPSA) is 81.5 Å². The summed E-state index contributed by atoms with van der Waals surface area (Å²) < 4.78 is 28.5. The van der Waals surface area contributed by atoms with Gasteiger partial charge in [0.25, 0.3) is 5.88 Å². The molecule has 0 amide bonds. The summed E-state index contributed by atoms with van der Waals surface area (Å²) in [6.07, 6.45) is 2.86. The van der Waals surface area contributed by atoms with E-state index < -0.39 is 0 Å². The third-order valence-corrected chi connectivity index (χ3v) is 7.86. The lowest BCUT2D eigenvalue weighted by Gasteiger charge is -2.36. The van der Waals surface area contributed by atoms with Crippen LogP contribution in [0.5, 0.6) is 11.6 Å². The number of hydrogen-bond donors (Lipinski definition) is 1. The Morgan fingerprint density at radius 3 is 2.85 bits per heavy atom. The van der Waals surface area contributed by atoms with Crippen LogP contribution >= 0.6 is 11.3 Å². The molecule has 3 aliphatic rings. The zero-order chi connectivity index (χ0) is 22.4. The van der Waals surface area contributed by atoms with E-state index in [4.69, 9.17) is 9.47 Å². The van der Waals surface area contributed by atoms with Crippen molar-refractivity contribution in [1.82, 2.24) is 25.0 Å². The molecule has 0 aliphatic carbocycles. The molecule has 0 spiro atoms. The van der Waals surface area contributed by atoms with Crippen LogP contribution in [0.25, 0.3) is 10.2 Å². The highest BCUT2D eigenvalue weighted by Crippen LogP contribution is 2.36. The smallest absolute Gasteiger partial charge is 0.308 e. The third kappa shape index (κ3) is 4.00. The Hall–Kier alpha value is -2.56. The molecule has 1 fully saturated rings. The zero-order valence-electron chi connectivity index (χ0n) is 18.3. The van der Waals surface area contributed by atoms with E-state index in [1.807, 2.05) is 6.07 Å². The van der Waals surface area contributed by atoms with Crippen molar-refractivity contribution in [2.75, 3.05) is 32.8 Å². The molecule has 8 nitrogen and oxygen atoms in total. The Morgan fingerprint density at radius 1 is 1.12 bits per heavy atom. The second kappa shape index (κ2) is 8.66. The molecule has 1 atom stereocenters. The van der Waals surface area contributed by atoms with E-state index in [2.05, 4.69) is 20.4 Å². The van der Waals surface area contributed by atoms with Gasteiger partial charge in [-0.2, -0.15) is 5.10 Å². The molecule has 33 heavy (non-hydrogen) atoms. The van der Waals surface area contributed by atoms with Crippen LogP contribution in [0.3, 0.4) is 0 Å². The van der Waals surface area contributed by atoms with Crippen molar-refractivity contribution >= 4 is 21.6 Å². The van der Waals surface area contributed by atoms with Gasteiger partial charge >= 0.3 is 4.87 Å². The Morgan fingerprint density at radius 2 is 1.97 bits per heavy atom. The lowest BCUT2D eigenvalue weighted by Crippen LogP contribution is -2.44. The normalized spacial score (nSPS) is 20.9. The number of fused-ring (bicyclic) bond motifs is 1. The molecule has 174 valence electrons. The lowest BCUT2D eigenvalue weighted by molar-refractivity contribution is 0.161. The van der Waals surface area contributed by atoms with Gasteiger partial charge in [-0.1, -0.05) is 11.3 Å². The van der Waals surface area contributed by atoms with Crippen molar-refractivity contribution in [2.24, 2.45) is 0 Å². The number of nitrogens with zero attached hydrogens (tertiary/aromatic N) is 4. The van der Waals surface area contributed by atoms with E-state index in [0.717, 1.165) is 60.4 Å². The molecule has 5 heterocycles. The molecule has 1 saturated heterocycles. The number of piperidine rings is 1. The van der Waals surface area contributed by atoms with Crippen molar-refractivity contribution in [2.45, 2.75) is 44.3 Å². The molecule has 10 heteroatoms. The number of nitrogens with one attached hydrogen (secondary N) is 1. The molecule has 3 aromatic rings. The second-order valence-corrected chi connectivity index (χ2v) is 9.96. The van der Waals surface area contributed by atoms with Gasteiger partial charge in [-0.3, -0.25) is 9.36 Å². The number of aromatic nitrogens is 3. The Balaban J connectivity index is 1.06. The van der Waals surface area contributed by atoms with Crippen LogP contribution in [0, 0.1) is 5.82 Å². The van der Waals surface area contributed by atoms with Gasteiger partial charge in [0.1, 0.15) is 19.0 Å². The fraction of sp³-hybridized carbons (Fsp3) is 0.522. The first-order chi connectivity index (χ1) is 16.2. The molecule has 6 rings (SSSR count). The first-order valence-corrected chi connectivity index (χ1v) is 12.4. The molecule has 3 aliphatic heterocycles. The molecule has 0 bridgehead atoms. The monoisotopic (exact) mass is 471 g/mol. The Bertz CT molecular complexity index is 1240. The van der Waals surface area contributed by atoms with Crippen LogP contribution in [0.4, 0.5) is 4.39 Å². The van der Waals surface area contributed by atoms with Crippen LogP contribution in [-0.2, 0) is 13.1 Å². The lowest BCUT2D eigenvalue weighted by atomic mass is 9.90. The highest BCUT2D eigenvalue weighted by molar-refractivity contribution is 7.16. The summed E-state index contributed by atoms with van der Waals surface area (Å²) in [6, 6.07) is 5.56. The van der Waals surface area contributed by atoms with E-state index in [1.165, 1.54) is 17.4 Å². The highest BCUT2D eigenvalue weighted by atomic mass is 32.1. The largest absolute Gasteiger partial charge is 0.484 e. The minimum Gasteiger partial charge on any atom is -0.484 e. The van der Waals surface area contributed by atoms with E-state index in [-0.39, 0.29) is 16.6 Å². The SMILES string of the molecule is O=c1sc2ccc(F)c3c2n1CCC3CN1CCC(NCc2cc3c(nn2)OCCO3)CC1. The maximum Gasteiger partial charge on any atom is 0.308 e. The maximum absolute atomic E-state index is 14.8. The van der Waals surface area contributed by atoms with Gasteiger partial charge in [-0.25, -0.2) is 4.39 Å². The summed E-state index contributed by atoms with van der Waals surface area (Å²) in [5, 5.41) is 11.9. The van der Waals surface area contributed by atoms with Crippen molar-refractivity contribution in [1.29, 1.82) is 0 Å². The third-order valence-electron chi connectivity index (χ3n) is 6.92. The maximum atomic E-state index is 14.8. The summed E-state index contributed by atoms with van der Waals surface area (Å²) in [4.78, 5) is 14.7. The fourth-order valence-electron chi connectivity index (χ4n) is 5.23. The first-order valence-electron chi connectivity index (χ1n) is 11.6. The van der Waals surface area contributed by atoms with Crippen LogP contribution in [0.2, 0.25) is 0 Å². The van der Waals surface area contributed by atoms with Crippen molar-refractivity contribution < 1.29 is 13.9 Å². The second-order valence-electron chi connectivity index (χ2n) is 8.97. The number of benzene rings is 1. The van der Waals surface area contributed by atoms with Crippen molar-refractivity contribution in [3.63, 3.8) is 0 Å². The molecule has 0 saturated carbocycles. The number of halogens is 1. The van der Waals surface area contributed by atoms with Gasteiger partial charge < -0.3 is 19.7 Å². The van der Waals surface area contributed by atoms with Crippen LogP contribution < -0.4 is 19.7 Å². The average molecular weight is 472 g/mol. The fourth-order valence-corrected chi connectivity index (χ4v) is 6.16. The predicted molar refractivity (Wildman–Crippen MR) is 123 cm³/mol. The Kier molecular flexibility index (Phi) is 5.51. The van der Waals surface area contributed by atoms with Crippen LogP contribution in [0.15, 0.2) is 23.0 Å². The number of thiazole rings is 1. The van der Waals surface area contributed by atoms with E-state index in [9.17, 15) is 9.18 Å². The van der Waals surface area contributed by atoms with E-state index >= 15 is 0 Å². The molecule has 1 N–H and O–H groups in total. The highest BCUT2D eigenvalue weighted by Gasteiger charge is 2.30. The average Bonchev–Trinajstić information content (AvgIpc) is 3.17. The zero-order valence-corrected chi connectivity index (χ0v) is 19.1. The van der Waals surface area contributed by atoms with E-state index in [0.29, 0.717) is 44.0 Å². The quantitative estimate of drug-likeness (QED) is 0.612. The molecule has 1 unspecified atom stereocenters. The number of likely N-dealkylation sites (tertiary alicyclic amines) is 1. The summed E-state index contributed by atoms with van der Waals surface area (Å²) in [7, 11) is 0. The number of rotatable bonds is 5. The standard InChI is InChI=1S/C23H26FN5O3S/c24-17-1-2-19-21-20(17)14(3-8-29(21)23(30)33-19)13-28-6-4-15(5-7-28)25-12-16-11-18-22(27-26-16)32-10-9-31-18/h1-2,11,14-15,25H,3-10,12-13H2. The Labute approximate surface area is 194 Å². The molecular formula is C23H26FN5O3S. The number of hydrogen-bond acceptors (Lipinski definition) is 8. The molecule has 0 radical (unpaired) electrons. The number of ether oxygens (including phenoxy) is 2. The van der Waals surface area contributed by atoms with Gasteiger partial charge in [0, 0.05) is 43.2 Å². The summed E-state index contributed by atoms with van der Waals surface area (Å²) in [5.74, 6) is 1.07. The van der Waals surface area contributed by atoms with Gasteiger partial charge in [-0.05, 0) is 44.5 Å².